The second-order valence-electron chi connectivity index (χ2n) is 10.3. The summed E-state index contributed by atoms with van der Waals surface area (Å²) in [5, 5.41) is 19.4. The van der Waals surface area contributed by atoms with Crippen molar-refractivity contribution in [3.05, 3.63) is 59.2 Å². The van der Waals surface area contributed by atoms with Crippen molar-refractivity contribution in [2.45, 2.75) is 76.1 Å². The van der Waals surface area contributed by atoms with Gasteiger partial charge in [-0.1, -0.05) is 25.3 Å². The van der Waals surface area contributed by atoms with E-state index in [4.69, 9.17) is 4.74 Å². The monoisotopic (exact) mass is 605 g/mol. The van der Waals surface area contributed by atoms with Crippen LogP contribution in [0.4, 0.5) is 22.0 Å². The van der Waals surface area contributed by atoms with Crippen LogP contribution in [-0.2, 0) is 28.5 Å². The van der Waals surface area contributed by atoms with Gasteiger partial charge in [-0.2, -0.15) is 22.0 Å². The lowest BCUT2D eigenvalue weighted by molar-refractivity contribution is -0.284. The molecule has 41 heavy (non-hydrogen) atoms. The number of carbonyl (C=O) groups is 1. The molecule has 2 aromatic rings. The summed E-state index contributed by atoms with van der Waals surface area (Å²) in [4.78, 5) is 15.0. The number of hydrogen-bond donors (Lipinski definition) is 2. The minimum atomic E-state index is -5.57. The molecule has 2 N–H and O–H groups in total. The summed E-state index contributed by atoms with van der Waals surface area (Å²) in [6, 6.07) is 11.0. The van der Waals surface area contributed by atoms with Gasteiger partial charge in [0.2, 0.25) is 0 Å². The largest absolute Gasteiger partial charge is 0.508 e. The van der Waals surface area contributed by atoms with Crippen molar-refractivity contribution in [1.29, 1.82) is 0 Å². The van der Waals surface area contributed by atoms with E-state index >= 15 is 0 Å². The van der Waals surface area contributed by atoms with Crippen LogP contribution in [0, 0.1) is 0 Å². The van der Waals surface area contributed by atoms with Crippen molar-refractivity contribution < 1.29 is 45.9 Å². The molecule has 1 heterocycles. The number of fused-ring (bicyclic) bond motifs is 1. The van der Waals surface area contributed by atoms with Gasteiger partial charge in [0.25, 0.3) is 5.91 Å². The molecule has 228 valence electrons. The molecule has 0 saturated carbocycles. The van der Waals surface area contributed by atoms with E-state index in [1.807, 2.05) is 6.07 Å². The topological polar surface area (TPSA) is 87.1 Å². The van der Waals surface area contributed by atoms with Gasteiger partial charge in [0, 0.05) is 47.4 Å². The first-order valence-corrected chi connectivity index (χ1v) is 15.1. The number of nitrogens with zero attached hydrogens (tertiary/aromatic N) is 1. The van der Waals surface area contributed by atoms with Crippen molar-refractivity contribution in [1.82, 2.24) is 4.90 Å². The van der Waals surface area contributed by atoms with Crippen LogP contribution in [-0.4, -0.2) is 68.1 Å². The fraction of sp³-hybridized carbons (Fsp3) is 0.552. The predicted molar refractivity (Wildman–Crippen MR) is 146 cm³/mol. The Labute approximate surface area is 239 Å². The highest BCUT2D eigenvalue weighted by atomic mass is 32.2. The lowest BCUT2D eigenvalue weighted by Gasteiger charge is -2.37. The predicted octanol–water partition coefficient (Wildman–Crippen LogP) is 6.36. The van der Waals surface area contributed by atoms with E-state index < -0.39 is 35.7 Å². The molecule has 0 spiro atoms. The number of hydrogen-bond acceptors (Lipinski definition) is 5. The highest BCUT2D eigenvalue weighted by molar-refractivity contribution is 7.84. The number of benzene rings is 2. The molecule has 2 aromatic carbocycles. The Kier molecular flexibility index (Phi) is 12.0. The summed E-state index contributed by atoms with van der Waals surface area (Å²) in [5.74, 6) is -4.63. The number of halogens is 5. The molecule has 6 nitrogen and oxygen atoms in total. The summed E-state index contributed by atoms with van der Waals surface area (Å²) >= 11 is 0. The molecule has 0 radical (unpaired) electrons. The molecule has 1 aliphatic heterocycles. The van der Waals surface area contributed by atoms with E-state index in [2.05, 4.69) is 0 Å². The normalized spacial score (nSPS) is 16.4. The summed E-state index contributed by atoms with van der Waals surface area (Å²) < 4.78 is 80.2. The molecule has 0 aromatic heterocycles. The minimum absolute atomic E-state index is 0.0656. The summed E-state index contributed by atoms with van der Waals surface area (Å²) in [6.45, 7) is 1.14. The molecule has 0 bridgehead atoms. The Morgan fingerprint density at radius 2 is 1.51 bits per heavy atom. The van der Waals surface area contributed by atoms with Gasteiger partial charge in [-0.05, 0) is 73.2 Å². The lowest BCUT2D eigenvalue weighted by Crippen LogP contribution is -2.46. The van der Waals surface area contributed by atoms with Gasteiger partial charge in [-0.3, -0.25) is 9.00 Å². The fourth-order valence-electron chi connectivity index (χ4n) is 4.71. The smallest absolute Gasteiger partial charge is 0.453 e. The Morgan fingerprint density at radius 3 is 2.22 bits per heavy atom. The molecular weight excluding hydrogens is 569 g/mol. The van der Waals surface area contributed by atoms with E-state index in [1.54, 1.807) is 29.2 Å². The highest BCUT2D eigenvalue weighted by Gasteiger charge is 2.56. The fourth-order valence-corrected chi connectivity index (χ4v) is 5.90. The van der Waals surface area contributed by atoms with Gasteiger partial charge in [0.05, 0.1) is 12.6 Å². The first kappa shape index (κ1) is 32.8. The first-order valence-electron chi connectivity index (χ1n) is 13.7. The van der Waals surface area contributed by atoms with Crippen molar-refractivity contribution >= 4 is 16.7 Å². The second-order valence-corrected chi connectivity index (χ2v) is 12.0. The molecule has 0 saturated heterocycles. The Hall–Kier alpha value is -2.73. The quantitative estimate of drug-likeness (QED) is 0.182. The molecule has 3 rings (SSSR count). The van der Waals surface area contributed by atoms with Crippen LogP contribution in [0.1, 0.15) is 66.4 Å². The van der Waals surface area contributed by atoms with Crippen LogP contribution >= 0.6 is 0 Å². The molecule has 1 aliphatic rings. The summed E-state index contributed by atoms with van der Waals surface area (Å²) in [5.41, 5.74) is 2.35. The number of unbranched alkanes of at least 4 members (excludes halogenated alkanes) is 4. The van der Waals surface area contributed by atoms with Crippen LogP contribution in [0.2, 0.25) is 0 Å². The minimum Gasteiger partial charge on any atom is -0.508 e. The van der Waals surface area contributed by atoms with Crippen LogP contribution < -0.4 is 0 Å². The number of ether oxygens (including phenoxy) is 1. The summed E-state index contributed by atoms with van der Waals surface area (Å²) in [6.07, 6.45) is -2.93. The number of phenolic OH excluding ortho intramolecular Hbond substituents is 2. The van der Waals surface area contributed by atoms with E-state index in [-0.39, 0.29) is 35.0 Å². The van der Waals surface area contributed by atoms with Crippen molar-refractivity contribution in [2.24, 2.45) is 0 Å². The maximum atomic E-state index is 13.3. The third-order valence-electron chi connectivity index (χ3n) is 7.05. The maximum Gasteiger partial charge on any atom is 0.453 e. The number of amides is 1. The molecule has 0 fully saturated rings. The van der Waals surface area contributed by atoms with E-state index in [0.29, 0.717) is 38.2 Å². The molecular formula is C29H36F5NO5S. The van der Waals surface area contributed by atoms with Gasteiger partial charge in [0.15, 0.2) is 0 Å². The molecule has 1 amide bonds. The SMILES string of the molecule is O=C(c1ccc(O)cc1)N1Cc2cc(O)ccc2CC1COCCCCCCCS(=O)CCCC(F)(F)C(F)(F)F. The average Bonchev–Trinajstić information content (AvgIpc) is 2.91. The highest BCUT2D eigenvalue weighted by Crippen LogP contribution is 2.38. The third-order valence-corrected chi connectivity index (χ3v) is 8.54. The van der Waals surface area contributed by atoms with Gasteiger partial charge >= 0.3 is 12.1 Å². The van der Waals surface area contributed by atoms with Crippen LogP contribution in [0.15, 0.2) is 42.5 Å². The van der Waals surface area contributed by atoms with Gasteiger partial charge in [-0.25, -0.2) is 0 Å². The first-order chi connectivity index (χ1) is 19.4. The van der Waals surface area contributed by atoms with Crippen LogP contribution in [0.25, 0.3) is 0 Å². The number of rotatable bonds is 15. The van der Waals surface area contributed by atoms with Crippen molar-refractivity contribution in [2.75, 3.05) is 24.7 Å². The Morgan fingerprint density at radius 1 is 0.878 bits per heavy atom. The molecule has 2 atom stereocenters. The zero-order valence-electron chi connectivity index (χ0n) is 22.7. The number of alkyl halides is 5. The zero-order valence-corrected chi connectivity index (χ0v) is 23.5. The van der Waals surface area contributed by atoms with Gasteiger partial charge in [-0.15, -0.1) is 0 Å². The van der Waals surface area contributed by atoms with E-state index in [0.717, 1.165) is 36.8 Å². The zero-order chi connectivity index (χ0) is 30.0. The standard InChI is InChI=1S/C29H36F5NO5S/c30-28(31,29(32,33)34)13-6-16-41(39)15-5-3-1-2-4-14-40-20-24-17-22-9-12-26(37)18-23(22)19-35(24)27(38)21-7-10-25(36)11-8-21/h7-12,18,24,36-37H,1-6,13-17,19-20H2. The maximum absolute atomic E-state index is 13.3. The van der Waals surface area contributed by atoms with Gasteiger partial charge < -0.3 is 19.8 Å². The second kappa shape index (κ2) is 14.9. The van der Waals surface area contributed by atoms with E-state index in [9.17, 15) is 41.2 Å². The molecule has 2 unspecified atom stereocenters. The number of phenols is 2. The average molecular weight is 606 g/mol. The lowest BCUT2D eigenvalue weighted by atomic mass is 9.93. The number of carbonyl (C=O) groups excluding carboxylic acids is 1. The van der Waals surface area contributed by atoms with Crippen molar-refractivity contribution in [3.8, 4) is 11.5 Å². The van der Waals surface area contributed by atoms with Gasteiger partial charge in [0.1, 0.15) is 11.5 Å². The third kappa shape index (κ3) is 9.95. The molecule has 12 heteroatoms. The summed E-state index contributed by atoms with van der Waals surface area (Å²) in [7, 11) is -1.42. The number of aromatic hydroxyl groups is 2. The Bertz CT molecular complexity index is 1160. The van der Waals surface area contributed by atoms with Crippen LogP contribution in [0.3, 0.4) is 0 Å². The molecule has 0 aliphatic carbocycles. The van der Waals surface area contributed by atoms with E-state index in [1.165, 1.54) is 12.1 Å². The Balaban J connectivity index is 1.35. The van der Waals surface area contributed by atoms with Crippen molar-refractivity contribution in [3.63, 3.8) is 0 Å². The van der Waals surface area contributed by atoms with Crippen LogP contribution in [0.5, 0.6) is 11.5 Å².